The Balaban J connectivity index is 1.73. The van der Waals surface area contributed by atoms with E-state index in [2.05, 4.69) is 15.6 Å². The number of aromatic nitrogens is 1. The minimum absolute atomic E-state index is 0.132. The first-order valence-electron chi connectivity index (χ1n) is 5.65. The van der Waals surface area contributed by atoms with Crippen molar-refractivity contribution in [2.24, 2.45) is 0 Å². The number of aryl methyl sites for hydroxylation is 1. The second-order valence-electron chi connectivity index (χ2n) is 4.14. The molecule has 5 heteroatoms. The van der Waals surface area contributed by atoms with Crippen LogP contribution in [0.25, 0.3) is 0 Å². The fraction of sp³-hybridized carbons (Fsp3) is 0.636. The number of hydrogen-bond acceptors (Lipinski definition) is 4. The Bertz CT molecular complexity index is 358. The molecule has 0 radical (unpaired) electrons. The topological polar surface area (TPSA) is 54.0 Å². The van der Waals surface area contributed by atoms with E-state index in [-0.39, 0.29) is 5.91 Å². The molecule has 1 atom stereocenters. The molecule has 4 nitrogen and oxygen atoms in total. The Morgan fingerprint density at radius 2 is 2.62 bits per heavy atom. The van der Waals surface area contributed by atoms with Crippen LogP contribution in [0.15, 0.2) is 5.51 Å². The summed E-state index contributed by atoms with van der Waals surface area (Å²) in [6.45, 7) is 3.63. The number of carbonyl (C=O) groups is 1. The Morgan fingerprint density at radius 1 is 1.75 bits per heavy atom. The first-order chi connectivity index (χ1) is 7.75. The zero-order chi connectivity index (χ0) is 11.4. The zero-order valence-corrected chi connectivity index (χ0v) is 10.3. The molecule has 0 aliphatic carbocycles. The van der Waals surface area contributed by atoms with Crippen LogP contribution in [0.1, 0.15) is 29.8 Å². The van der Waals surface area contributed by atoms with Gasteiger partial charge in [0.05, 0.1) is 17.7 Å². The SMILES string of the molecule is Cc1ncsc1CNC(=O)CC1CCCN1. The van der Waals surface area contributed by atoms with Crippen LogP contribution >= 0.6 is 11.3 Å². The number of rotatable bonds is 4. The van der Waals surface area contributed by atoms with E-state index in [9.17, 15) is 4.79 Å². The van der Waals surface area contributed by atoms with Crippen molar-refractivity contribution in [2.75, 3.05) is 6.54 Å². The first kappa shape index (κ1) is 11.5. The van der Waals surface area contributed by atoms with E-state index in [1.54, 1.807) is 11.3 Å². The van der Waals surface area contributed by atoms with Crippen molar-refractivity contribution in [3.63, 3.8) is 0 Å². The molecule has 0 bridgehead atoms. The van der Waals surface area contributed by atoms with Gasteiger partial charge in [-0.05, 0) is 26.3 Å². The van der Waals surface area contributed by atoms with Gasteiger partial charge in [-0.3, -0.25) is 4.79 Å². The molecule has 2 N–H and O–H groups in total. The monoisotopic (exact) mass is 239 g/mol. The van der Waals surface area contributed by atoms with Crippen molar-refractivity contribution in [1.82, 2.24) is 15.6 Å². The molecule has 1 aliphatic rings. The molecule has 2 heterocycles. The lowest BCUT2D eigenvalue weighted by molar-refractivity contribution is -0.121. The third-order valence-electron chi connectivity index (χ3n) is 2.89. The van der Waals surface area contributed by atoms with Crippen LogP contribution in [-0.4, -0.2) is 23.5 Å². The van der Waals surface area contributed by atoms with Crippen molar-refractivity contribution < 1.29 is 4.79 Å². The highest BCUT2D eigenvalue weighted by atomic mass is 32.1. The van der Waals surface area contributed by atoms with Gasteiger partial charge in [-0.2, -0.15) is 0 Å². The summed E-state index contributed by atoms with van der Waals surface area (Å²) in [7, 11) is 0. The van der Waals surface area contributed by atoms with Gasteiger partial charge in [0.25, 0.3) is 0 Å². The minimum Gasteiger partial charge on any atom is -0.351 e. The lowest BCUT2D eigenvalue weighted by atomic mass is 10.1. The Labute approximate surface area is 99.5 Å². The summed E-state index contributed by atoms with van der Waals surface area (Å²) in [6.07, 6.45) is 2.90. The summed E-state index contributed by atoms with van der Waals surface area (Å²) in [6, 6.07) is 0.377. The number of hydrogen-bond donors (Lipinski definition) is 2. The highest BCUT2D eigenvalue weighted by Gasteiger charge is 2.17. The van der Waals surface area contributed by atoms with Gasteiger partial charge in [-0.1, -0.05) is 0 Å². The van der Waals surface area contributed by atoms with E-state index in [1.165, 1.54) is 6.42 Å². The molecule has 1 saturated heterocycles. The highest BCUT2D eigenvalue weighted by molar-refractivity contribution is 7.09. The summed E-state index contributed by atoms with van der Waals surface area (Å²) in [5.74, 6) is 0.132. The number of nitrogens with zero attached hydrogens (tertiary/aromatic N) is 1. The second-order valence-corrected chi connectivity index (χ2v) is 5.07. The Hall–Kier alpha value is -0.940. The number of nitrogens with one attached hydrogen (secondary N) is 2. The maximum absolute atomic E-state index is 11.6. The summed E-state index contributed by atoms with van der Waals surface area (Å²) >= 11 is 1.59. The minimum atomic E-state index is 0.132. The van der Waals surface area contributed by atoms with Gasteiger partial charge in [0, 0.05) is 17.3 Å². The van der Waals surface area contributed by atoms with E-state index in [4.69, 9.17) is 0 Å². The molecule has 1 amide bonds. The van der Waals surface area contributed by atoms with Crippen LogP contribution in [0, 0.1) is 6.92 Å². The lowest BCUT2D eigenvalue weighted by Crippen LogP contribution is -2.31. The molecule has 1 aliphatic heterocycles. The van der Waals surface area contributed by atoms with Gasteiger partial charge >= 0.3 is 0 Å². The molecule has 88 valence electrons. The van der Waals surface area contributed by atoms with E-state index < -0.39 is 0 Å². The van der Waals surface area contributed by atoms with Crippen LogP contribution in [0.4, 0.5) is 0 Å². The van der Waals surface area contributed by atoms with Crippen molar-refractivity contribution in [3.05, 3.63) is 16.1 Å². The smallest absolute Gasteiger partial charge is 0.221 e. The van der Waals surface area contributed by atoms with Gasteiger partial charge in [0.15, 0.2) is 0 Å². The molecule has 0 spiro atoms. The van der Waals surface area contributed by atoms with Crippen LogP contribution in [-0.2, 0) is 11.3 Å². The van der Waals surface area contributed by atoms with Gasteiger partial charge in [-0.15, -0.1) is 11.3 Å². The highest BCUT2D eigenvalue weighted by Crippen LogP contribution is 2.12. The molecule has 1 unspecified atom stereocenters. The average molecular weight is 239 g/mol. The van der Waals surface area contributed by atoms with E-state index in [1.807, 2.05) is 12.4 Å². The standard InChI is InChI=1S/C11H17N3OS/c1-8-10(16-7-14-8)6-13-11(15)5-9-3-2-4-12-9/h7,9,12H,2-6H2,1H3,(H,13,15). The largest absolute Gasteiger partial charge is 0.351 e. The van der Waals surface area contributed by atoms with Crippen molar-refractivity contribution in [1.29, 1.82) is 0 Å². The molecular formula is C11H17N3OS. The summed E-state index contributed by atoms with van der Waals surface area (Å²) in [5.41, 5.74) is 2.83. The fourth-order valence-corrected chi connectivity index (χ4v) is 2.62. The summed E-state index contributed by atoms with van der Waals surface area (Å²) in [4.78, 5) is 16.9. The van der Waals surface area contributed by atoms with Crippen molar-refractivity contribution in [3.8, 4) is 0 Å². The van der Waals surface area contributed by atoms with E-state index >= 15 is 0 Å². The maximum Gasteiger partial charge on any atom is 0.221 e. The van der Waals surface area contributed by atoms with Crippen LogP contribution in [0.3, 0.4) is 0 Å². The van der Waals surface area contributed by atoms with E-state index in [0.29, 0.717) is 19.0 Å². The molecule has 0 saturated carbocycles. The van der Waals surface area contributed by atoms with Crippen LogP contribution in [0.2, 0.25) is 0 Å². The Morgan fingerprint density at radius 3 is 3.25 bits per heavy atom. The first-order valence-corrected chi connectivity index (χ1v) is 6.52. The molecule has 2 rings (SSSR count). The zero-order valence-electron chi connectivity index (χ0n) is 9.45. The van der Waals surface area contributed by atoms with Crippen LogP contribution in [0.5, 0.6) is 0 Å². The van der Waals surface area contributed by atoms with Crippen molar-refractivity contribution in [2.45, 2.75) is 38.8 Å². The van der Waals surface area contributed by atoms with E-state index in [0.717, 1.165) is 23.5 Å². The average Bonchev–Trinajstić information content (AvgIpc) is 2.87. The predicted molar refractivity (Wildman–Crippen MR) is 64.3 cm³/mol. The fourth-order valence-electron chi connectivity index (χ4n) is 1.90. The third kappa shape index (κ3) is 3.02. The van der Waals surface area contributed by atoms with Crippen molar-refractivity contribution >= 4 is 17.2 Å². The number of amides is 1. The number of thiazole rings is 1. The predicted octanol–water partition coefficient (Wildman–Crippen LogP) is 1.21. The molecule has 1 aromatic rings. The molecule has 1 aromatic heterocycles. The summed E-state index contributed by atoms with van der Waals surface area (Å²) < 4.78 is 0. The third-order valence-corrected chi connectivity index (χ3v) is 3.82. The van der Waals surface area contributed by atoms with Gasteiger partial charge in [0.1, 0.15) is 0 Å². The lowest BCUT2D eigenvalue weighted by Gasteiger charge is -2.09. The molecule has 0 aromatic carbocycles. The van der Waals surface area contributed by atoms with Gasteiger partial charge in [0.2, 0.25) is 5.91 Å². The number of carbonyl (C=O) groups excluding carboxylic acids is 1. The molecule has 1 fully saturated rings. The van der Waals surface area contributed by atoms with Gasteiger partial charge < -0.3 is 10.6 Å². The normalized spacial score (nSPS) is 19.9. The molecular weight excluding hydrogens is 222 g/mol. The second kappa shape index (κ2) is 5.41. The quantitative estimate of drug-likeness (QED) is 0.830. The summed E-state index contributed by atoms with van der Waals surface area (Å²) in [5, 5.41) is 6.27. The van der Waals surface area contributed by atoms with Crippen LogP contribution < -0.4 is 10.6 Å². The molecule has 16 heavy (non-hydrogen) atoms. The van der Waals surface area contributed by atoms with Gasteiger partial charge in [-0.25, -0.2) is 4.98 Å². The maximum atomic E-state index is 11.6. The Kier molecular flexibility index (Phi) is 3.90.